The van der Waals surface area contributed by atoms with Crippen LogP contribution in [-0.4, -0.2) is 43.5 Å². The molecule has 5 atom stereocenters. The molecule has 0 radical (unpaired) electrons. The normalized spacial score (nSPS) is 22.3. The number of piperidine rings is 1. The van der Waals surface area contributed by atoms with E-state index >= 15 is 0 Å². The number of carboxylic acids is 1. The largest absolute Gasteiger partial charge is 0.481 e. The number of aliphatic carboxylic acids is 1. The van der Waals surface area contributed by atoms with Crippen LogP contribution in [0.4, 0.5) is 4.39 Å². The third-order valence-electron chi connectivity index (χ3n) is 6.54. The minimum atomic E-state index is -3.46. The summed E-state index contributed by atoms with van der Waals surface area (Å²) in [6.07, 6.45) is 1.42. The highest BCUT2D eigenvalue weighted by atomic mass is 35.5. The maximum absolute atomic E-state index is 14.3. The summed E-state index contributed by atoms with van der Waals surface area (Å²) < 4.78 is 39.2. The third-order valence-corrected chi connectivity index (χ3v) is 8.00. The second-order valence-electron chi connectivity index (χ2n) is 9.44. The van der Waals surface area contributed by atoms with Gasteiger partial charge in [-0.2, -0.15) is 0 Å². The van der Waals surface area contributed by atoms with Gasteiger partial charge in [-0.15, -0.1) is 0 Å². The number of carbonyl (C=O) groups excluding carboxylic acids is 1. The summed E-state index contributed by atoms with van der Waals surface area (Å²) in [5.41, 5.74) is 1.45. The number of halogens is 3. The lowest BCUT2D eigenvalue weighted by atomic mass is 9.71. The van der Waals surface area contributed by atoms with E-state index in [1.54, 1.807) is 18.2 Å². The number of hydrogen-bond donors (Lipinski definition) is 2. The molecule has 1 amide bonds. The zero-order chi connectivity index (χ0) is 25.9. The molecule has 0 bridgehead atoms. The molecule has 0 saturated carbocycles. The first kappa shape index (κ1) is 27.4. The van der Waals surface area contributed by atoms with Gasteiger partial charge in [0.25, 0.3) is 0 Å². The number of hydrogen-bond acceptors (Lipinski definition) is 4. The molecular weight excluding hydrogens is 516 g/mol. The molecule has 1 heterocycles. The van der Waals surface area contributed by atoms with Gasteiger partial charge in [-0.1, -0.05) is 42.3 Å². The van der Waals surface area contributed by atoms with Crippen molar-refractivity contribution >= 4 is 44.9 Å². The quantitative estimate of drug-likeness (QED) is 0.475. The molecule has 0 spiro atoms. The first-order chi connectivity index (χ1) is 16.3. The van der Waals surface area contributed by atoms with Crippen molar-refractivity contribution in [3.63, 3.8) is 0 Å². The van der Waals surface area contributed by atoms with E-state index < -0.39 is 51.3 Å². The summed E-state index contributed by atoms with van der Waals surface area (Å²) in [6, 6.07) is 10.6. The SMILES string of the molecule is C[C@@H](Cc1ccc(Cl)cc1)C(CS(C)(=O)=O)[C@H]1NC(=O)[C@@H](CC(=O)O)C[C@@H]1c1cc(F)cc(Cl)c1. The highest BCUT2D eigenvalue weighted by Gasteiger charge is 2.43. The standard InChI is InChI=1S/C25H28Cl2FNO5S/c1-14(7-15-3-5-18(26)6-4-15)22(13-35(2,33)34)24-21(16-8-19(27)12-20(28)9-16)10-17(11-23(30)31)25(32)29-24/h3-6,8-9,12,14,17,21-22,24H,7,10-11,13H2,1-2H3,(H,29,32)(H,30,31)/t14-,17+,21+,22?,24-/m0/s1. The zero-order valence-corrected chi connectivity index (χ0v) is 21.7. The predicted molar refractivity (Wildman–Crippen MR) is 134 cm³/mol. The molecule has 2 aromatic rings. The number of carbonyl (C=O) groups is 2. The maximum Gasteiger partial charge on any atom is 0.304 e. The maximum atomic E-state index is 14.3. The van der Waals surface area contributed by atoms with Gasteiger partial charge in [0.1, 0.15) is 15.7 Å². The summed E-state index contributed by atoms with van der Waals surface area (Å²) in [5.74, 6) is -4.41. The molecule has 1 unspecified atom stereocenters. The second kappa shape index (κ2) is 11.3. The molecule has 1 saturated heterocycles. The van der Waals surface area contributed by atoms with Crippen molar-refractivity contribution in [2.75, 3.05) is 12.0 Å². The molecular formula is C25H28Cl2FNO5S. The van der Waals surface area contributed by atoms with Crippen LogP contribution in [0, 0.1) is 23.6 Å². The fourth-order valence-corrected chi connectivity index (χ4v) is 6.57. The Bertz CT molecular complexity index is 1170. The summed E-state index contributed by atoms with van der Waals surface area (Å²) in [6.45, 7) is 1.91. The Kier molecular flexibility index (Phi) is 8.83. The van der Waals surface area contributed by atoms with E-state index in [4.69, 9.17) is 23.2 Å². The van der Waals surface area contributed by atoms with Gasteiger partial charge >= 0.3 is 5.97 Å². The molecule has 1 fully saturated rings. The van der Waals surface area contributed by atoms with E-state index in [1.807, 2.05) is 19.1 Å². The molecule has 3 rings (SSSR count). The Labute approximate surface area is 214 Å². The molecule has 190 valence electrons. The monoisotopic (exact) mass is 543 g/mol. The van der Waals surface area contributed by atoms with Gasteiger partial charge in [-0.25, -0.2) is 12.8 Å². The molecule has 0 aliphatic carbocycles. The smallest absolute Gasteiger partial charge is 0.304 e. The van der Waals surface area contributed by atoms with Gasteiger partial charge < -0.3 is 10.4 Å². The zero-order valence-electron chi connectivity index (χ0n) is 19.4. The van der Waals surface area contributed by atoms with Crippen LogP contribution in [-0.2, 0) is 25.8 Å². The highest BCUT2D eigenvalue weighted by Crippen LogP contribution is 2.40. The van der Waals surface area contributed by atoms with Crippen molar-refractivity contribution in [2.24, 2.45) is 17.8 Å². The molecule has 10 heteroatoms. The number of benzene rings is 2. The summed E-state index contributed by atoms with van der Waals surface area (Å²) >= 11 is 12.1. The van der Waals surface area contributed by atoms with Crippen LogP contribution in [0.5, 0.6) is 0 Å². The van der Waals surface area contributed by atoms with Crippen molar-refractivity contribution in [3.05, 3.63) is 69.5 Å². The fourth-order valence-electron chi connectivity index (χ4n) is 4.98. The van der Waals surface area contributed by atoms with Gasteiger partial charge in [0.15, 0.2) is 0 Å². The molecule has 0 aromatic heterocycles. The van der Waals surface area contributed by atoms with E-state index in [0.29, 0.717) is 17.0 Å². The van der Waals surface area contributed by atoms with E-state index in [1.165, 1.54) is 6.07 Å². The first-order valence-corrected chi connectivity index (χ1v) is 14.0. The molecule has 1 aliphatic rings. The predicted octanol–water partition coefficient (Wildman–Crippen LogP) is 4.74. The molecule has 6 nitrogen and oxygen atoms in total. The lowest BCUT2D eigenvalue weighted by Crippen LogP contribution is -2.55. The Hall–Kier alpha value is -2.16. The number of carboxylic acid groups (broad SMARTS) is 1. The van der Waals surface area contributed by atoms with Crippen LogP contribution in [0.1, 0.15) is 36.8 Å². The Morgan fingerprint density at radius 2 is 1.83 bits per heavy atom. The summed E-state index contributed by atoms with van der Waals surface area (Å²) in [5, 5.41) is 12.9. The lowest BCUT2D eigenvalue weighted by molar-refractivity contribution is -0.142. The van der Waals surface area contributed by atoms with Crippen molar-refractivity contribution in [1.82, 2.24) is 5.32 Å². The van der Waals surface area contributed by atoms with Crippen molar-refractivity contribution in [1.29, 1.82) is 0 Å². The van der Waals surface area contributed by atoms with E-state index in [0.717, 1.165) is 17.9 Å². The minimum Gasteiger partial charge on any atom is -0.481 e. The lowest BCUT2D eigenvalue weighted by Gasteiger charge is -2.42. The van der Waals surface area contributed by atoms with E-state index in [9.17, 15) is 27.5 Å². The van der Waals surface area contributed by atoms with Gasteiger partial charge in [0.2, 0.25) is 5.91 Å². The van der Waals surface area contributed by atoms with Crippen LogP contribution < -0.4 is 5.32 Å². The average Bonchev–Trinajstić information content (AvgIpc) is 2.73. The van der Waals surface area contributed by atoms with E-state index in [2.05, 4.69) is 5.32 Å². The Balaban J connectivity index is 2.03. The molecule has 2 aromatic carbocycles. The van der Waals surface area contributed by atoms with Crippen LogP contribution in [0.3, 0.4) is 0 Å². The molecule has 35 heavy (non-hydrogen) atoms. The van der Waals surface area contributed by atoms with Crippen LogP contribution in [0.2, 0.25) is 10.0 Å². The minimum absolute atomic E-state index is 0.135. The van der Waals surface area contributed by atoms with Crippen molar-refractivity contribution in [2.45, 2.75) is 38.1 Å². The molecule has 2 N–H and O–H groups in total. The number of nitrogens with one attached hydrogen (secondary N) is 1. The summed E-state index contributed by atoms with van der Waals surface area (Å²) in [4.78, 5) is 24.3. The number of amides is 1. The highest BCUT2D eigenvalue weighted by molar-refractivity contribution is 7.90. The van der Waals surface area contributed by atoms with Gasteiger partial charge in [-0.3, -0.25) is 9.59 Å². The van der Waals surface area contributed by atoms with Crippen molar-refractivity contribution < 1.29 is 27.5 Å². The first-order valence-electron chi connectivity index (χ1n) is 11.2. The van der Waals surface area contributed by atoms with Crippen LogP contribution in [0.15, 0.2) is 42.5 Å². The second-order valence-corrected chi connectivity index (χ2v) is 12.5. The molecule has 1 aliphatic heterocycles. The van der Waals surface area contributed by atoms with Crippen LogP contribution >= 0.6 is 23.2 Å². The van der Waals surface area contributed by atoms with Gasteiger partial charge in [0.05, 0.1) is 12.2 Å². The third kappa shape index (κ3) is 7.66. The van der Waals surface area contributed by atoms with Crippen LogP contribution in [0.25, 0.3) is 0 Å². The number of sulfone groups is 1. The topological polar surface area (TPSA) is 101 Å². The van der Waals surface area contributed by atoms with Gasteiger partial charge in [0, 0.05) is 34.2 Å². The average molecular weight is 544 g/mol. The summed E-state index contributed by atoms with van der Waals surface area (Å²) in [7, 11) is -3.46. The Morgan fingerprint density at radius 1 is 1.17 bits per heavy atom. The van der Waals surface area contributed by atoms with E-state index in [-0.39, 0.29) is 29.5 Å². The number of rotatable bonds is 9. The fraction of sp³-hybridized carbons (Fsp3) is 0.440. The van der Waals surface area contributed by atoms with Gasteiger partial charge in [-0.05, 0) is 66.1 Å². The Morgan fingerprint density at radius 3 is 2.40 bits per heavy atom. The van der Waals surface area contributed by atoms with Crippen molar-refractivity contribution in [3.8, 4) is 0 Å².